The molecular weight excluding hydrogens is 355 g/mol. The number of halogens is 1. The quantitative estimate of drug-likeness (QED) is 0.651. The molecule has 0 saturated heterocycles. The lowest BCUT2D eigenvalue weighted by Crippen LogP contribution is -2.25. The Morgan fingerprint density at radius 1 is 1.07 bits per heavy atom. The number of benzene rings is 2. The lowest BCUT2D eigenvalue weighted by Gasteiger charge is -2.14. The molecule has 0 bridgehead atoms. The Morgan fingerprint density at radius 2 is 1.79 bits per heavy atom. The third kappa shape index (κ3) is 4.71. The zero-order chi connectivity index (χ0) is 20.1. The molecule has 28 heavy (non-hydrogen) atoms. The van der Waals surface area contributed by atoms with Gasteiger partial charge in [0.2, 0.25) is 5.95 Å². The minimum absolute atomic E-state index is 0.0908. The monoisotopic (exact) mass is 378 g/mol. The number of carbonyl (C=O) groups excluding carboxylic acids is 1. The Bertz CT molecular complexity index is 988. The van der Waals surface area contributed by atoms with Crippen LogP contribution in [0.2, 0.25) is 0 Å². The molecule has 2 N–H and O–H groups in total. The van der Waals surface area contributed by atoms with Crippen molar-refractivity contribution < 1.29 is 9.18 Å². The number of aryl methyl sites for hydroxylation is 1. The van der Waals surface area contributed by atoms with Crippen LogP contribution < -0.4 is 10.6 Å². The van der Waals surface area contributed by atoms with Crippen molar-refractivity contribution >= 4 is 17.5 Å². The third-order valence-electron chi connectivity index (χ3n) is 4.31. The maximum Gasteiger partial charge on any atom is 0.270 e. The maximum absolute atomic E-state index is 13.7. The molecule has 0 saturated carbocycles. The van der Waals surface area contributed by atoms with Crippen LogP contribution in [0.4, 0.5) is 16.0 Å². The van der Waals surface area contributed by atoms with Crippen LogP contribution >= 0.6 is 0 Å². The number of amides is 1. The molecule has 0 aliphatic heterocycles. The summed E-state index contributed by atoms with van der Waals surface area (Å²) in [4.78, 5) is 21.2. The van der Waals surface area contributed by atoms with Crippen LogP contribution in [0.25, 0.3) is 0 Å². The van der Waals surface area contributed by atoms with Gasteiger partial charge in [0.05, 0.1) is 0 Å². The molecule has 5 nitrogen and oxygen atoms in total. The second-order valence-electron chi connectivity index (χ2n) is 6.86. The van der Waals surface area contributed by atoms with E-state index >= 15 is 0 Å². The van der Waals surface area contributed by atoms with E-state index in [9.17, 15) is 9.18 Å². The number of aromatic nitrogens is 2. The molecule has 6 heteroatoms. The molecule has 2 aromatic carbocycles. The lowest BCUT2D eigenvalue weighted by atomic mass is 10.0. The molecule has 0 aliphatic carbocycles. The fraction of sp³-hybridized carbons (Fsp3) is 0.227. The van der Waals surface area contributed by atoms with Crippen LogP contribution in [-0.4, -0.2) is 15.9 Å². The van der Waals surface area contributed by atoms with E-state index in [2.05, 4.69) is 34.4 Å². The van der Waals surface area contributed by atoms with Crippen molar-refractivity contribution in [2.45, 2.75) is 33.2 Å². The van der Waals surface area contributed by atoms with Gasteiger partial charge in [-0.3, -0.25) is 4.79 Å². The van der Waals surface area contributed by atoms with E-state index in [1.165, 1.54) is 6.07 Å². The number of para-hydroxylation sites is 1. The molecule has 3 aromatic rings. The minimum atomic E-state index is -0.381. The SMILES string of the molecule is Cc1cc(C(=O)NCc2ccccc2F)nc(Nc2ccccc2C(C)C)n1. The van der Waals surface area contributed by atoms with Gasteiger partial charge >= 0.3 is 0 Å². The van der Waals surface area contributed by atoms with Crippen molar-refractivity contribution in [3.8, 4) is 0 Å². The molecular formula is C22H23FN4O. The van der Waals surface area contributed by atoms with Crippen molar-refractivity contribution in [1.82, 2.24) is 15.3 Å². The summed E-state index contributed by atoms with van der Waals surface area (Å²) in [6.45, 7) is 6.11. The fourth-order valence-corrected chi connectivity index (χ4v) is 2.88. The predicted molar refractivity (Wildman–Crippen MR) is 108 cm³/mol. The van der Waals surface area contributed by atoms with Crippen LogP contribution in [0.1, 0.15) is 47.1 Å². The number of carbonyl (C=O) groups is 1. The number of nitrogens with zero attached hydrogens (tertiary/aromatic N) is 2. The minimum Gasteiger partial charge on any atom is -0.347 e. The highest BCUT2D eigenvalue weighted by molar-refractivity contribution is 5.92. The highest BCUT2D eigenvalue weighted by atomic mass is 19.1. The second-order valence-corrected chi connectivity index (χ2v) is 6.86. The topological polar surface area (TPSA) is 66.9 Å². The van der Waals surface area contributed by atoms with E-state index in [0.29, 0.717) is 23.1 Å². The fourth-order valence-electron chi connectivity index (χ4n) is 2.88. The Hall–Kier alpha value is -3.28. The summed E-state index contributed by atoms with van der Waals surface area (Å²) in [7, 11) is 0. The number of nitrogens with one attached hydrogen (secondary N) is 2. The predicted octanol–water partition coefficient (Wildman–Crippen LogP) is 4.72. The first-order chi connectivity index (χ1) is 13.4. The van der Waals surface area contributed by atoms with Crippen LogP contribution in [0.15, 0.2) is 54.6 Å². The third-order valence-corrected chi connectivity index (χ3v) is 4.31. The average molecular weight is 378 g/mol. The van der Waals surface area contributed by atoms with Crippen LogP contribution in [0, 0.1) is 12.7 Å². The second kappa shape index (κ2) is 8.61. The molecule has 0 unspecified atom stereocenters. The summed E-state index contributed by atoms with van der Waals surface area (Å²) in [6, 6.07) is 15.9. The van der Waals surface area contributed by atoms with Gasteiger partial charge in [-0.15, -0.1) is 0 Å². The summed E-state index contributed by atoms with van der Waals surface area (Å²) in [5.74, 6) is -0.0514. The lowest BCUT2D eigenvalue weighted by molar-refractivity contribution is 0.0945. The number of anilines is 2. The molecule has 0 fully saturated rings. The van der Waals surface area contributed by atoms with Crippen molar-refractivity contribution in [2.75, 3.05) is 5.32 Å². The van der Waals surface area contributed by atoms with E-state index in [1.807, 2.05) is 24.3 Å². The van der Waals surface area contributed by atoms with Crippen molar-refractivity contribution in [2.24, 2.45) is 0 Å². The smallest absolute Gasteiger partial charge is 0.270 e. The summed E-state index contributed by atoms with van der Waals surface area (Å²) >= 11 is 0. The summed E-state index contributed by atoms with van der Waals surface area (Å²) in [6.07, 6.45) is 0. The zero-order valence-electron chi connectivity index (χ0n) is 16.2. The normalized spacial score (nSPS) is 10.8. The molecule has 144 valence electrons. The number of hydrogen-bond acceptors (Lipinski definition) is 4. The summed E-state index contributed by atoms with van der Waals surface area (Å²) in [5.41, 5.74) is 3.36. The van der Waals surface area contributed by atoms with Crippen LogP contribution in [-0.2, 0) is 6.54 Å². The standard InChI is InChI=1S/C22H23FN4O/c1-14(2)17-9-5-7-11-19(17)26-22-25-15(3)12-20(27-22)21(28)24-13-16-8-4-6-10-18(16)23/h4-12,14H,13H2,1-3H3,(H,24,28)(H,25,26,27). The van der Waals surface area contributed by atoms with E-state index in [-0.39, 0.29) is 24.0 Å². The molecule has 1 amide bonds. The van der Waals surface area contributed by atoms with Crippen molar-refractivity contribution in [3.63, 3.8) is 0 Å². The van der Waals surface area contributed by atoms with Gasteiger partial charge in [0.25, 0.3) is 5.91 Å². The largest absolute Gasteiger partial charge is 0.347 e. The molecule has 0 atom stereocenters. The highest BCUT2D eigenvalue weighted by Gasteiger charge is 2.13. The highest BCUT2D eigenvalue weighted by Crippen LogP contribution is 2.25. The van der Waals surface area contributed by atoms with Crippen molar-refractivity contribution in [3.05, 3.63) is 82.9 Å². The molecule has 1 heterocycles. The first-order valence-electron chi connectivity index (χ1n) is 9.17. The van der Waals surface area contributed by atoms with E-state index < -0.39 is 0 Å². The van der Waals surface area contributed by atoms with Crippen molar-refractivity contribution in [1.29, 1.82) is 0 Å². The van der Waals surface area contributed by atoms with E-state index in [0.717, 1.165) is 11.3 Å². The Morgan fingerprint density at radius 3 is 2.54 bits per heavy atom. The molecule has 0 spiro atoms. The molecule has 0 radical (unpaired) electrons. The van der Waals surface area contributed by atoms with Gasteiger partial charge in [-0.1, -0.05) is 50.2 Å². The van der Waals surface area contributed by atoms with Crippen LogP contribution in [0.3, 0.4) is 0 Å². The average Bonchev–Trinajstić information content (AvgIpc) is 2.67. The van der Waals surface area contributed by atoms with Gasteiger partial charge in [-0.2, -0.15) is 0 Å². The first kappa shape index (κ1) is 19.5. The van der Waals surface area contributed by atoms with Gasteiger partial charge in [0, 0.05) is 23.5 Å². The van der Waals surface area contributed by atoms with Gasteiger partial charge in [0.1, 0.15) is 11.5 Å². The maximum atomic E-state index is 13.7. The summed E-state index contributed by atoms with van der Waals surface area (Å²) < 4.78 is 13.7. The molecule has 1 aromatic heterocycles. The Balaban J connectivity index is 1.78. The van der Waals surface area contributed by atoms with Gasteiger partial charge in [0.15, 0.2) is 0 Å². The number of hydrogen-bond donors (Lipinski definition) is 2. The Labute approximate surface area is 164 Å². The molecule has 3 rings (SSSR count). The van der Waals surface area contributed by atoms with E-state index in [4.69, 9.17) is 0 Å². The number of rotatable bonds is 6. The molecule has 0 aliphatic rings. The van der Waals surface area contributed by atoms with Gasteiger partial charge in [-0.25, -0.2) is 14.4 Å². The van der Waals surface area contributed by atoms with Crippen LogP contribution in [0.5, 0.6) is 0 Å². The van der Waals surface area contributed by atoms with Gasteiger partial charge < -0.3 is 10.6 Å². The Kier molecular flexibility index (Phi) is 5.99. The van der Waals surface area contributed by atoms with Gasteiger partial charge in [-0.05, 0) is 36.6 Å². The zero-order valence-corrected chi connectivity index (χ0v) is 16.2. The first-order valence-corrected chi connectivity index (χ1v) is 9.17. The van der Waals surface area contributed by atoms with E-state index in [1.54, 1.807) is 31.2 Å². The summed E-state index contributed by atoms with van der Waals surface area (Å²) in [5, 5.41) is 5.92.